The average molecular weight is 394 g/mol. The van der Waals surface area contributed by atoms with Crippen molar-refractivity contribution >= 4 is 15.9 Å². The molecule has 7 heteroatoms. The molecular weight excluding hydrogens is 362 g/mol. The minimum Gasteiger partial charge on any atom is -0.351 e. The second-order valence-corrected chi connectivity index (χ2v) is 10.5. The van der Waals surface area contributed by atoms with Gasteiger partial charge >= 0.3 is 0 Å². The van der Waals surface area contributed by atoms with Gasteiger partial charge in [-0.1, -0.05) is 31.0 Å². The highest BCUT2D eigenvalue weighted by molar-refractivity contribution is 7.89. The van der Waals surface area contributed by atoms with Crippen molar-refractivity contribution in [1.29, 1.82) is 0 Å². The first-order chi connectivity index (χ1) is 12.6. The number of fused-ring (bicyclic) bond motifs is 1. The van der Waals surface area contributed by atoms with Gasteiger partial charge in [-0.05, 0) is 57.7 Å². The van der Waals surface area contributed by atoms with Gasteiger partial charge in [-0.25, -0.2) is 13.1 Å². The molecular formula is C20H31N3O3S. The molecule has 0 aromatic heterocycles. The van der Waals surface area contributed by atoms with Crippen LogP contribution >= 0.6 is 0 Å². The highest BCUT2D eigenvalue weighted by atomic mass is 32.2. The number of sulfonamides is 1. The molecule has 1 amide bonds. The molecule has 2 aliphatic rings. The fraction of sp³-hybridized carbons (Fsp3) is 0.650. The summed E-state index contributed by atoms with van der Waals surface area (Å²) in [6, 6.07) is 6.87. The minimum atomic E-state index is -3.65. The van der Waals surface area contributed by atoms with Crippen LogP contribution in [0.15, 0.2) is 29.2 Å². The molecule has 1 aromatic rings. The maximum Gasteiger partial charge on any atom is 0.241 e. The summed E-state index contributed by atoms with van der Waals surface area (Å²) in [6.07, 6.45) is 4.25. The maximum absolute atomic E-state index is 13.0. The second-order valence-electron chi connectivity index (χ2n) is 8.88. The van der Waals surface area contributed by atoms with E-state index in [4.69, 9.17) is 0 Å². The summed E-state index contributed by atoms with van der Waals surface area (Å²) in [5.41, 5.74) is -0.299. The monoisotopic (exact) mass is 393 g/mol. The molecule has 1 saturated carbocycles. The molecule has 1 saturated heterocycles. The Hall–Kier alpha value is -1.44. The minimum absolute atomic E-state index is 0.0492. The summed E-state index contributed by atoms with van der Waals surface area (Å²) < 4.78 is 28.2. The molecule has 0 spiro atoms. The molecule has 6 nitrogen and oxygen atoms in total. The molecule has 2 fully saturated rings. The van der Waals surface area contributed by atoms with Gasteiger partial charge in [0.2, 0.25) is 15.9 Å². The Kier molecular flexibility index (Phi) is 5.66. The zero-order chi connectivity index (χ0) is 19.7. The summed E-state index contributed by atoms with van der Waals surface area (Å²) >= 11 is 0. The molecule has 1 aromatic carbocycles. The van der Waals surface area contributed by atoms with E-state index in [0.717, 1.165) is 32.4 Å². The number of amides is 1. The standard InChI is InChI=1S/C20H31N3O3S/c1-19(2,3)23-27(25,26)17-10-5-4-8-15(17)12-22-18(24)20-11-7-6-9-16(20)13-21-14-20/h4-5,8,10,16,21,23H,6-7,9,11-14H2,1-3H3,(H,22,24)/t16-,20+/m0/s1. The first-order valence-corrected chi connectivity index (χ1v) is 11.2. The quantitative estimate of drug-likeness (QED) is 0.715. The van der Waals surface area contributed by atoms with Crippen molar-refractivity contribution < 1.29 is 13.2 Å². The number of hydrogen-bond donors (Lipinski definition) is 3. The van der Waals surface area contributed by atoms with Gasteiger partial charge in [-0.3, -0.25) is 4.79 Å². The van der Waals surface area contributed by atoms with Crippen LogP contribution < -0.4 is 15.4 Å². The second kappa shape index (κ2) is 7.53. The lowest BCUT2D eigenvalue weighted by atomic mass is 9.67. The molecule has 1 aliphatic heterocycles. The third kappa shape index (κ3) is 4.36. The van der Waals surface area contributed by atoms with E-state index in [0.29, 0.717) is 11.5 Å². The van der Waals surface area contributed by atoms with Crippen molar-refractivity contribution in [2.75, 3.05) is 13.1 Å². The first kappa shape index (κ1) is 20.3. The number of hydrogen-bond acceptors (Lipinski definition) is 4. The van der Waals surface area contributed by atoms with Crippen molar-refractivity contribution in [1.82, 2.24) is 15.4 Å². The van der Waals surface area contributed by atoms with E-state index >= 15 is 0 Å². The van der Waals surface area contributed by atoms with Crippen molar-refractivity contribution in [3.8, 4) is 0 Å². The Balaban J connectivity index is 1.76. The van der Waals surface area contributed by atoms with E-state index in [1.165, 1.54) is 6.42 Å². The van der Waals surface area contributed by atoms with E-state index in [-0.39, 0.29) is 22.8 Å². The lowest BCUT2D eigenvalue weighted by Gasteiger charge is -2.37. The molecule has 3 N–H and O–H groups in total. The SMILES string of the molecule is CC(C)(C)NS(=O)(=O)c1ccccc1CNC(=O)[C@@]12CCCC[C@H]1CNC2. The Morgan fingerprint density at radius 2 is 2.00 bits per heavy atom. The summed E-state index contributed by atoms with van der Waals surface area (Å²) in [5.74, 6) is 0.431. The molecule has 1 heterocycles. The lowest BCUT2D eigenvalue weighted by molar-refractivity contribution is -0.134. The number of carbonyl (C=O) groups excluding carboxylic acids is 1. The smallest absolute Gasteiger partial charge is 0.241 e. The Morgan fingerprint density at radius 1 is 1.26 bits per heavy atom. The fourth-order valence-corrected chi connectivity index (χ4v) is 6.07. The van der Waals surface area contributed by atoms with Crippen LogP contribution in [0, 0.1) is 11.3 Å². The molecule has 150 valence electrons. The molecule has 1 aliphatic carbocycles. The van der Waals surface area contributed by atoms with Crippen LogP contribution in [0.1, 0.15) is 52.0 Å². The molecule has 27 heavy (non-hydrogen) atoms. The van der Waals surface area contributed by atoms with Gasteiger partial charge in [-0.15, -0.1) is 0 Å². The van der Waals surface area contributed by atoms with Crippen molar-refractivity contribution in [3.05, 3.63) is 29.8 Å². The van der Waals surface area contributed by atoms with Crippen LogP contribution in [0.4, 0.5) is 0 Å². The van der Waals surface area contributed by atoms with E-state index in [1.54, 1.807) is 24.3 Å². The normalized spacial score (nSPS) is 25.8. The largest absolute Gasteiger partial charge is 0.351 e. The predicted octanol–water partition coefficient (Wildman–Crippen LogP) is 2.16. The van der Waals surface area contributed by atoms with Gasteiger partial charge in [0.1, 0.15) is 0 Å². The van der Waals surface area contributed by atoms with E-state index in [1.807, 2.05) is 20.8 Å². The number of benzene rings is 1. The summed E-state index contributed by atoms with van der Waals surface area (Å²) in [4.78, 5) is 13.3. The van der Waals surface area contributed by atoms with Gasteiger partial charge in [0.25, 0.3) is 0 Å². The van der Waals surface area contributed by atoms with Crippen molar-refractivity contribution in [2.45, 2.75) is 63.4 Å². The van der Waals surface area contributed by atoms with E-state index in [9.17, 15) is 13.2 Å². The predicted molar refractivity (Wildman–Crippen MR) is 106 cm³/mol. The number of nitrogens with one attached hydrogen (secondary N) is 3. The summed E-state index contributed by atoms with van der Waals surface area (Å²) in [7, 11) is -3.65. The molecule has 3 rings (SSSR count). The number of rotatable bonds is 5. The van der Waals surface area contributed by atoms with Crippen LogP contribution in [0.2, 0.25) is 0 Å². The molecule has 2 atom stereocenters. The maximum atomic E-state index is 13.0. The zero-order valence-corrected chi connectivity index (χ0v) is 17.3. The number of carbonyl (C=O) groups is 1. The average Bonchev–Trinajstić information content (AvgIpc) is 3.03. The third-order valence-corrected chi connectivity index (χ3v) is 7.49. The highest BCUT2D eigenvalue weighted by Gasteiger charge is 2.49. The van der Waals surface area contributed by atoms with Crippen LogP contribution in [-0.2, 0) is 21.4 Å². The Labute approximate surface area is 162 Å². The van der Waals surface area contributed by atoms with Crippen molar-refractivity contribution in [3.63, 3.8) is 0 Å². The Morgan fingerprint density at radius 3 is 2.74 bits per heavy atom. The lowest BCUT2D eigenvalue weighted by Crippen LogP contribution is -2.47. The molecule has 0 radical (unpaired) electrons. The molecule has 0 unspecified atom stereocenters. The van der Waals surface area contributed by atoms with Crippen LogP contribution in [0.25, 0.3) is 0 Å². The first-order valence-electron chi connectivity index (χ1n) is 9.75. The van der Waals surface area contributed by atoms with Crippen LogP contribution in [0.3, 0.4) is 0 Å². The van der Waals surface area contributed by atoms with Gasteiger partial charge in [0.15, 0.2) is 0 Å². The van der Waals surface area contributed by atoms with Crippen LogP contribution in [-0.4, -0.2) is 33.0 Å². The van der Waals surface area contributed by atoms with Gasteiger partial charge < -0.3 is 10.6 Å². The van der Waals surface area contributed by atoms with E-state index in [2.05, 4.69) is 15.4 Å². The van der Waals surface area contributed by atoms with Gasteiger partial charge in [-0.2, -0.15) is 0 Å². The van der Waals surface area contributed by atoms with Gasteiger partial charge in [0.05, 0.1) is 10.3 Å². The Bertz CT molecular complexity index is 801. The topological polar surface area (TPSA) is 87.3 Å². The zero-order valence-electron chi connectivity index (χ0n) is 16.5. The summed E-state index contributed by atoms with van der Waals surface area (Å²) in [6.45, 7) is 7.26. The highest BCUT2D eigenvalue weighted by Crippen LogP contribution is 2.43. The molecule has 0 bridgehead atoms. The van der Waals surface area contributed by atoms with Crippen molar-refractivity contribution in [2.24, 2.45) is 11.3 Å². The van der Waals surface area contributed by atoms with E-state index < -0.39 is 15.6 Å². The van der Waals surface area contributed by atoms with Crippen LogP contribution in [0.5, 0.6) is 0 Å². The summed E-state index contributed by atoms with van der Waals surface area (Å²) in [5, 5.41) is 6.41. The third-order valence-electron chi connectivity index (χ3n) is 5.63. The fourth-order valence-electron chi connectivity index (χ4n) is 4.41. The van der Waals surface area contributed by atoms with Gasteiger partial charge in [0, 0.05) is 18.6 Å².